The molecule has 2 aromatic rings. The van der Waals surface area contributed by atoms with E-state index in [1.165, 1.54) is 0 Å². The molecule has 0 aliphatic carbocycles. The molecule has 0 fully saturated rings. The number of carbonyl (C=O) groups excluding carboxylic acids is 1. The average Bonchev–Trinajstić information content (AvgIpc) is 2.58. The van der Waals surface area contributed by atoms with Crippen molar-refractivity contribution >= 4 is 5.91 Å². The fourth-order valence-corrected chi connectivity index (χ4v) is 1.93. The van der Waals surface area contributed by atoms with E-state index in [0.717, 1.165) is 17.1 Å². The molecule has 0 radical (unpaired) electrons. The summed E-state index contributed by atoms with van der Waals surface area (Å²) in [7, 11) is 0. The first kappa shape index (κ1) is 10.5. The van der Waals surface area contributed by atoms with Gasteiger partial charge in [-0.2, -0.15) is 0 Å². The number of hydrogen-bond acceptors (Lipinski definition) is 1. The molecule has 0 aliphatic rings. The second-order valence-electron chi connectivity index (χ2n) is 3.83. The Bertz CT molecular complexity index is 521. The number of nitrogens with zero attached hydrogens (tertiary/aromatic N) is 1. The number of amides is 1. The lowest BCUT2D eigenvalue weighted by molar-refractivity contribution is 0.100. The largest absolute Gasteiger partial charge is 0.366 e. The van der Waals surface area contributed by atoms with Crippen molar-refractivity contribution in [3.05, 3.63) is 53.3 Å². The molecule has 1 heterocycles. The molecular weight excluding hydrogens is 200 g/mol. The minimum Gasteiger partial charge on any atom is -0.366 e. The van der Waals surface area contributed by atoms with Crippen LogP contribution >= 0.6 is 0 Å². The van der Waals surface area contributed by atoms with E-state index >= 15 is 0 Å². The highest BCUT2D eigenvalue weighted by Gasteiger charge is 2.11. The Morgan fingerprint density at radius 2 is 1.62 bits per heavy atom. The van der Waals surface area contributed by atoms with Gasteiger partial charge < -0.3 is 10.3 Å². The van der Waals surface area contributed by atoms with Crippen molar-refractivity contribution in [1.29, 1.82) is 0 Å². The number of rotatable bonds is 2. The van der Waals surface area contributed by atoms with E-state index in [2.05, 4.69) is 0 Å². The first-order valence-electron chi connectivity index (χ1n) is 5.15. The van der Waals surface area contributed by atoms with Gasteiger partial charge in [-0.05, 0) is 38.1 Å². The number of carbonyl (C=O) groups is 1. The third kappa shape index (κ3) is 1.60. The van der Waals surface area contributed by atoms with E-state index < -0.39 is 5.91 Å². The molecule has 1 aromatic carbocycles. The maximum atomic E-state index is 11.3. The molecule has 2 N–H and O–H groups in total. The van der Waals surface area contributed by atoms with Crippen LogP contribution in [0.15, 0.2) is 36.4 Å². The molecule has 3 nitrogen and oxygen atoms in total. The highest BCUT2D eigenvalue weighted by atomic mass is 16.1. The first-order valence-corrected chi connectivity index (χ1v) is 5.15. The zero-order valence-electron chi connectivity index (χ0n) is 9.40. The monoisotopic (exact) mass is 214 g/mol. The van der Waals surface area contributed by atoms with Crippen molar-refractivity contribution in [1.82, 2.24) is 4.57 Å². The second-order valence-corrected chi connectivity index (χ2v) is 3.83. The molecule has 0 saturated carbocycles. The number of primary amides is 1. The van der Waals surface area contributed by atoms with Crippen LogP contribution in [-0.2, 0) is 0 Å². The third-order valence-electron chi connectivity index (χ3n) is 2.68. The Morgan fingerprint density at radius 1 is 1.06 bits per heavy atom. The zero-order chi connectivity index (χ0) is 11.7. The number of aromatic nitrogens is 1. The molecule has 0 saturated heterocycles. The minimum absolute atomic E-state index is 0.400. The molecule has 1 amide bonds. The van der Waals surface area contributed by atoms with Crippen molar-refractivity contribution in [2.75, 3.05) is 0 Å². The summed E-state index contributed by atoms with van der Waals surface area (Å²) < 4.78 is 2.03. The first-order chi connectivity index (χ1) is 7.61. The molecule has 2 rings (SSSR count). The normalized spacial score (nSPS) is 10.4. The summed E-state index contributed by atoms with van der Waals surface area (Å²) in [6.45, 7) is 4.01. The Kier molecular flexibility index (Phi) is 2.52. The molecule has 0 aliphatic heterocycles. The molecular formula is C13H14N2O. The number of para-hydroxylation sites is 1. The van der Waals surface area contributed by atoms with E-state index in [1.54, 1.807) is 6.07 Å². The predicted molar refractivity (Wildman–Crippen MR) is 63.8 cm³/mol. The summed E-state index contributed by atoms with van der Waals surface area (Å²) in [5.41, 5.74) is 8.94. The Labute approximate surface area is 94.5 Å². The van der Waals surface area contributed by atoms with Crippen LogP contribution < -0.4 is 5.73 Å². The van der Waals surface area contributed by atoms with E-state index in [0.29, 0.717) is 5.56 Å². The summed E-state index contributed by atoms with van der Waals surface area (Å²) in [5.74, 6) is -0.400. The standard InChI is InChI=1S/C13H14N2O/c1-9-7-8-10(2)15(9)12-6-4-3-5-11(12)13(14)16/h3-8H,1-2H3,(H2,14,16). The smallest absolute Gasteiger partial charge is 0.250 e. The van der Waals surface area contributed by atoms with Crippen LogP contribution in [0.5, 0.6) is 0 Å². The Morgan fingerprint density at radius 3 is 2.19 bits per heavy atom. The van der Waals surface area contributed by atoms with Crippen LogP contribution in [-0.4, -0.2) is 10.5 Å². The highest BCUT2D eigenvalue weighted by Crippen LogP contribution is 2.19. The lowest BCUT2D eigenvalue weighted by Gasteiger charge is -2.12. The van der Waals surface area contributed by atoms with Gasteiger partial charge in [0.15, 0.2) is 0 Å². The zero-order valence-corrected chi connectivity index (χ0v) is 9.40. The fraction of sp³-hybridized carbons (Fsp3) is 0.154. The molecule has 0 atom stereocenters. The summed E-state index contributed by atoms with van der Waals surface area (Å²) in [5, 5.41) is 0. The lowest BCUT2D eigenvalue weighted by Crippen LogP contribution is -2.15. The van der Waals surface area contributed by atoms with E-state index in [1.807, 2.05) is 48.7 Å². The third-order valence-corrected chi connectivity index (χ3v) is 2.68. The van der Waals surface area contributed by atoms with Crippen LogP contribution in [0.3, 0.4) is 0 Å². The summed E-state index contributed by atoms with van der Waals surface area (Å²) in [4.78, 5) is 11.3. The van der Waals surface area contributed by atoms with Gasteiger partial charge >= 0.3 is 0 Å². The van der Waals surface area contributed by atoms with Crippen LogP contribution in [0.1, 0.15) is 21.7 Å². The van der Waals surface area contributed by atoms with Crippen LogP contribution in [0.2, 0.25) is 0 Å². The van der Waals surface area contributed by atoms with Crippen LogP contribution in [0.4, 0.5) is 0 Å². The van der Waals surface area contributed by atoms with Gasteiger partial charge in [-0.15, -0.1) is 0 Å². The minimum atomic E-state index is -0.400. The molecule has 0 unspecified atom stereocenters. The molecule has 0 spiro atoms. The van der Waals surface area contributed by atoms with Crippen LogP contribution in [0, 0.1) is 13.8 Å². The van der Waals surface area contributed by atoms with Crippen molar-refractivity contribution in [2.45, 2.75) is 13.8 Å². The maximum absolute atomic E-state index is 11.3. The molecule has 3 heteroatoms. The Balaban J connectivity index is 2.69. The van der Waals surface area contributed by atoms with Gasteiger partial charge in [-0.1, -0.05) is 12.1 Å². The molecule has 82 valence electrons. The predicted octanol–water partition coefficient (Wildman–Crippen LogP) is 2.19. The van der Waals surface area contributed by atoms with Crippen LogP contribution in [0.25, 0.3) is 5.69 Å². The number of nitrogens with two attached hydrogens (primary N) is 1. The van der Waals surface area contributed by atoms with Gasteiger partial charge in [0.05, 0.1) is 11.3 Å². The Hall–Kier alpha value is -2.03. The molecule has 1 aromatic heterocycles. The topological polar surface area (TPSA) is 48.0 Å². The maximum Gasteiger partial charge on any atom is 0.250 e. The van der Waals surface area contributed by atoms with Crippen molar-refractivity contribution in [3.8, 4) is 5.69 Å². The van der Waals surface area contributed by atoms with Crippen molar-refractivity contribution in [3.63, 3.8) is 0 Å². The average molecular weight is 214 g/mol. The number of hydrogen-bond donors (Lipinski definition) is 1. The SMILES string of the molecule is Cc1ccc(C)n1-c1ccccc1C(N)=O. The van der Waals surface area contributed by atoms with E-state index in [-0.39, 0.29) is 0 Å². The summed E-state index contributed by atoms with van der Waals surface area (Å²) >= 11 is 0. The summed E-state index contributed by atoms with van der Waals surface area (Å²) in [6.07, 6.45) is 0. The van der Waals surface area contributed by atoms with Crippen molar-refractivity contribution in [2.24, 2.45) is 5.73 Å². The number of benzene rings is 1. The quantitative estimate of drug-likeness (QED) is 0.818. The fourth-order valence-electron chi connectivity index (χ4n) is 1.93. The van der Waals surface area contributed by atoms with E-state index in [9.17, 15) is 4.79 Å². The molecule has 0 bridgehead atoms. The number of aryl methyl sites for hydroxylation is 2. The second kappa shape index (κ2) is 3.85. The van der Waals surface area contributed by atoms with Gasteiger partial charge in [0.1, 0.15) is 0 Å². The van der Waals surface area contributed by atoms with Gasteiger partial charge in [0.25, 0.3) is 5.91 Å². The molecule has 16 heavy (non-hydrogen) atoms. The van der Waals surface area contributed by atoms with Crippen molar-refractivity contribution < 1.29 is 4.79 Å². The summed E-state index contributed by atoms with van der Waals surface area (Å²) in [6, 6.07) is 11.4. The highest BCUT2D eigenvalue weighted by molar-refractivity contribution is 5.96. The lowest BCUT2D eigenvalue weighted by atomic mass is 10.1. The van der Waals surface area contributed by atoms with Gasteiger partial charge in [-0.25, -0.2) is 0 Å². The van der Waals surface area contributed by atoms with Gasteiger partial charge in [0.2, 0.25) is 0 Å². The van der Waals surface area contributed by atoms with Gasteiger partial charge in [0, 0.05) is 11.4 Å². The van der Waals surface area contributed by atoms with Gasteiger partial charge in [-0.3, -0.25) is 4.79 Å². The van der Waals surface area contributed by atoms with E-state index in [4.69, 9.17) is 5.73 Å².